The summed E-state index contributed by atoms with van der Waals surface area (Å²) < 4.78 is 2.25. The Balaban J connectivity index is 1.60. The number of benzene rings is 1. The summed E-state index contributed by atoms with van der Waals surface area (Å²) in [7, 11) is 2.26. The van der Waals surface area contributed by atoms with Crippen molar-refractivity contribution in [2.45, 2.75) is 83.5 Å². The number of hydrogen-bond acceptors (Lipinski definition) is 3. The molecule has 0 amide bonds. The van der Waals surface area contributed by atoms with E-state index in [4.69, 9.17) is 5.10 Å². The van der Waals surface area contributed by atoms with Crippen molar-refractivity contribution in [3.05, 3.63) is 30.0 Å². The smallest absolute Gasteiger partial charge is 0.0926 e. The van der Waals surface area contributed by atoms with Gasteiger partial charge in [-0.25, -0.2) is 0 Å². The number of likely N-dealkylation sites (tertiary alicyclic amines) is 1. The maximum Gasteiger partial charge on any atom is 0.0926 e. The van der Waals surface area contributed by atoms with Crippen molar-refractivity contribution in [1.29, 1.82) is 0 Å². The molecule has 2 aromatic rings. The van der Waals surface area contributed by atoms with Gasteiger partial charge in [-0.1, -0.05) is 19.1 Å². The first-order valence-corrected chi connectivity index (χ1v) is 10.6. The minimum absolute atomic E-state index is 0.179. The molecule has 3 heterocycles. The lowest BCUT2D eigenvalue weighted by atomic mass is 9.77. The Morgan fingerprint density at radius 3 is 2.41 bits per heavy atom. The number of fused-ring (bicyclic) bond motifs is 1. The van der Waals surface area contributed by atoms with Crippen LogP contribution in [0.15, 0.2) is 24.4 Å². The first-order chi connectivity index (χ1) is 12.7. The third-order valence-electron chi connectivity index (χ3n) is 7.27. The molecule has 2 fully saturated rings. The van der Waals surface area contributed by atoms with Crippen LogP contribution in [-0.4, -0.2) is 39.4 Å². The topological polar surface area (TPSA) is 33.1 Å². The molecule has 0 saturated carbocycles. The van der Waals surface area contributed by atoms with Crippen LogP contribution in [0, 0.1) is 5.92 Å². The molecule has 1 aromatic carbocycles. The van der Waals surface area contributed by atoms with Crippen LogP contribution in [0.3, 0.4) is 0 Å². The highest BCUT2D eigenvalue weighted by Gasteiger charge is 2.43. The van der Waals surface area contributed by atoms with E-state index in [2.05, 4.69) is 81.0 Å². The molecular formula is C23H36N4. The van der Waals surface area contributed by atoms with Gasteiger partial charge in [0, 0.05) is 28.7 Å². The summed E-state index contributed by atoms with van der Waals surface area (Å²) in [5, 5.41) is 10.0. The fourth-order valence-electron chi connectivity index (χ4n) is 5.24. The molecule has 1 aromatic heterocycles. The highest BCUT2D eigenvalue weighted by molar-refractivity contribution is 5.78. The molecule has 2 aliphatic heterocycles. The number of piperidine rings is 2. The van der Waals surface area contributed by atoms with Crippen molar-refractivity contribution in [3.63, 3.8) is 0 Å². The third-order valence-corrected chi connectivity index (χ3v) is 7.27. The first kappa shape index (κ1) is 18.9. The summed E-state index contributed by atoms with van der Waals surface area (Å²) in [6, 6.07) is 7.81. The highest BCUT2D eigenvalue weighted by atomic mass is 15.3. The summed E-state index contributed by atoms with van der Waals surface area (Å²) in [5.74, 6) is 0.792. The average Bonchev–Trinajstić information content (AvgIpc) is 3.03. The predicted molar refractivity (Wildman–Crippen MR) is 113 cm³/mol. The fraction of sp³-hybridized carbons (Fsp3) is 0.696. The van der Waals surface area contributed by atoms with E-state index in [1.165, 1.54) is 23.8 Å². The van der Waals surface area contributed by atoms with Gasteiger partial charge in [-0.05, 0) is 84.5 Å². The molecule has 0 aliphatic carbocycles. The van der Waals surface area contributed by atoms with Gasteiger partial charge < -0.3 is 5.32 Å². The van der Waals surface area contributed by atoms with Crippen LogP contribution in [0.4, 0.5) is 0 Å². The summed E-state index contributed by atoms with van der Waals surface area (Å²) >= 11 is 0. The number of nitrogens with one attached hydrogen (secondary N) is 1. The Labute approximate surface area is 164 Å². The largest absolute Gasteiger partial charge is 0.310 e. The van der Waals surface area contributed by atoms with E-state index in [0.717, 1.165) is 30.8 Å². The van der Waals surface area contributed by atoms with Crippen LogP contribution in [0.25, 0.3) is 10.9 Å². The van der Waals surface area contributed by atoms with Gasteiger partial charge >= 0.3 is 0 Å². The average molecular weight is 369 g/mol. The van der Waals surface area contributed by atoms with Gasteiger partial charge in [0.25, 0.3) is 0 Å². The molecule has 2 atom stereocenters. The van der Waals surface area contributed by atoms with Crippen LogP contribution in [0.2, 0.25) is 0 Å². The van der Waals surface area contributed by atoms with E-state index in [-0.39, 0.29) is 11.1 Å². The SMILES string of the molecule is C[C@H]1CC[C@H](c2ccc3cn(C4CC(C)(C)N(C)C(C)(C)C4)nc3c2)NC1. The standard InChI is InChI=1S/C23H36N4/c1-16-7-10-20(24-14-16)17-8-9-18-15-27(25-21(18)11-17)19-12-22(2,3)26(6)23(4,5)13-19/h8-9,11,15-16,19-20,24H,7,10,12-14H2,1-6H3/t16-,20+/m0/s1. The predicted octanol–water partition coefficient (Wildman–Crippen LogP) is 4.92. The second-order valence-corrected chi connectivity index (χ2v) is 10.3. The molecule has 4 rings (SSSR count). The second kappa shape index (κ2) is 6.59. The first-order valence-electron chi connectivity index (χ1n) is 10.6. The van der Waals surface area contributed by atoms with E-state index in [1.807, 2.05) is 0 Å². The number of nitrogens with zero attached hydrogens (tertiary/aromatic N) is 3. The van der Waals surface area contributed by atoms with E-state index < -0.39 is 0 Å². The highest BCUT2D eigenvalue weighted by Crippen LogP contribution is 2.42. The molecule has 0 unspecified atom stereocenters. The fourth-order valence-corrected chi connectivity index (χ4v) is 5.24. The molecule has 2 aliphatic rings. The van der Waals surface area contributed by atoms with Crippen molar-refractivity contribution < 1.29 is 0 Å². The molecule has 27 heavy (non-hydrogen) atoms. The van der Waals surface area contributed by atoms with Gasteiger partial charge in [-0.3, -0.25) is 9.58 Å². The van der Waals surface area contributed by atoms with Gasteiger partial charge in [0.2, 0.25) is 0 Å². The van der Waals surface area contributed by atoms with Gasteiger partial charge in [-0.2, -0.15) is 5.10 Å². The molecule has 4 heteroatoms. The Hall–Kier alpha value is -1.39. The van der Waals surface area contributed by atoms with Gasteiger partial charge in [0.1, 0.15) is 0 Å². The van der Waals surface area contributed by atoms with Crippen LogP contribution >= 0.6 is 0 Å². The molecule has 148 valence electrons. The molecule has 1 N–H and O–H groups in total. The lowest BCUT2D eigenvalue weighted by Gasteiger charge is -2.53. The lowest BCUT2D eigenvalue weighted by molar-refractivity contribution is -0.0284. The molecular weight excluding hydrogens is 332 g/mol. The summed E-state index contributed by atoms with van der Waals surface area (Å²) in [5.41, 5.74) is 2.89. The van der Waals surface area contributed by atoms with Crippen LogP contribution < -0.4 is 5.32 Å². The normalized spacial score (nSPS) is 29.3. The summed E-state index contributed by atoms with van der Waals surface area (Å²) in [6.07, 6.45) is 7.07. The summed E-state index contributed by atoms with van der Waals surface area (Å²) in [6.45, 7) is 12.9. The van der Waals surface area contributed by atoms with Gasteiger partial charge in [-0.15, -0.1) is 0 Å². The monoisotopic (exact) mass is 368 g/mol. The minimum Gasteiger partial charge on any atom is -0.310 e. The second-order valence-electron chi connectivity index (χ2n) is 10.3. The van der Waals surface area contributed by atoms with E-state index in [1.54, 1.807) is 0 Å². The maximum atomic E-state index is 5.03. The maximum absolute atomic E-state index is 5.03. The van der Waals surface area contributed by atoms with Crippen molar-refractivity contribution in [1.82, 2.24) is 20.0 Å². The molecule has 4 nitrogen and oxygen atoms in total. The zero-order valence-electron chi connectivity index (χ0n) is 17.9. The molecule has 2 saturated heterocycles. The van der Waals surface area contributed by atoms with Gasteiger partial charge in [0.15, 0.2) is 0 Å². The lowest BCUT2D eigenvalue weighted by Crippen LogP contribution is -2.58. The van der Waals surface area contributed by atoms with Gasteiger partial charge in [0.05, 0.1) is 11.6 Å². The third kappa shape index (κ3) is 3.54. The van der Waals surface area contributed by atoms with Crippen LogP contribution in [-0.2, 0) is 0 Å². The van der Waals surface area contributed by atoms with E-state index >= 15 is 0 Å². The molecule has 0 spiro atoms. The Kier molecular flexibility index (Phi) is 4.63. The quantitative estimate of drug-likeness (QED) is 0.817. The Morgan fingerprint density at radius 2 is 1.78 bits per heavy atom. The van der Waals surface area contributed by atoms with E-state index in [0.29, 0.717) is 12.1 Å². The zero-order valence-corrected chi connectivity index (χ0v) is 17.9. The Bertz CT molecular complexity index is 793. The molecule has 0 bridgehead atoms. The van der Waals surface area contributed by atoms with Crippen LogP contribution in [0.1, 0.15) is 77.9 Å². The Morgan fingerprint density at radius 1 is 1.07 bits per heavy atom. The van der Waals surface area contributed by atoms with Crippen molar-refractivity contribution in [2.24, 2.45) is 5.92 Å². The van der Waals surface area contributed by atoms with Crippen LogP contribution in [0.5, 0.6) is 0 Å². The zero-order chi connectivity index (χ0) is 19.4. The molecule has 0 radical (unpaired) electrons. The number of aromatic nitrogens is 2. The van der Waals surface area contributed by atoms with Crippen molar-refractivity contribution in [2.75, 3.05) is 13.6 Å². The number of hydrogen-bond donors (Lipinski definition) is 1. The minimum atomic E-state index is 0.179. The van der Waals surface area contributed by atoms with E-state index in [9.17, 15) is 0 Å². The number of rotatable bonds is 2. The summed E-state index contributed by atoms with van der Waals surface area (Å²) in [4.78, 5) is 2.54. The van der Waals surface area contributed by atoms with Crippen molar-refractivity contribution in [3.8, 4) is 0 Å². The van der Waals surface area contributed by atoms with Crippen molar-refractivity contribution >= 4 is 10.9 Å².